The number of aromatic nitrogens is 3. The van der Waals surface area contributed by atoms with Crippen molar-refractivity contribution in [1.29, 1.82) is 0 Å². The molecule has 22 heavy (non-hydrogen) atoms. The summed E-state index contributed by atoms with van der Waals surface area (Å²) in [6.07, 6.45) is 1.81. The Hall–Kier alpha value is -3.14. The standard InChI is InChI=1S/C18H13N3O/c22-17-11-16(14-9-5-2-6-10-14)20-18-15(12-19-21(17)18)13-7-3-1-4-8-13/h1-12,19H. The summed E-state index contributed by atoms with van der Waals surface area (Å²) < 4.78 is 1.47. The lowest BCUT2D eigenvalue weighted by molar-refractivity contribution is 0.901. The summed E-state index contributed by atoms with van der Waals surface area (Å²) in [5, 5.41) is 2.98. The van der Waals surface area contributed by atoms with Crippen molar-refractivity contribution in [2.45, 2.75) is 0 Å². The molecule has 0 bridgehead atoms. The molecule has 2 aromatic carbocycles. The number of nitrogens with one attached hydrogen (secondary N) is 1. The van der Waals surface area contributed by atoms with E-state index in [-0.39, 0.29) is 5.56 Å². The largest absolute Gasteiger partial charge is 0.296 e. The van der Waals surface area contributed by atoms with E-state index in [1.807, 2.05) is 66.9 Å². The zero-order valence-corrected chi connectivity index (χ0v) is 11.7. The summed E-state index contributed by atoms with van der Waals surface area (Å²) in [7, 11) is 0. The van der Waals surface area contributed by atoms with Gasteiger partial charge >= 0.3 is 0 Å². The van der Waals surface area contributed by atoms with Gasteiger partial charge < -0.3 is 0 Å². The maximum absolute atomic E-state index is 12.3. The number of aromatic amines is 1. The molecule has 0 atom stereocenters. The van der Waals surface area contributed by atoms with Gasteiger partial charge in [0.15, 0.2) is 5.65 Å². The predicted octanol–water partition coefficient (Wildman–Crippen LogP) is 3.36. The zero-order valence-electron chi connectivity index (χ0n) is 11.7. The maximum atomic E-state index is 12.3. The third kappa shape index (κ3) is 2.02. The zero-order chi connectivity index (χ0) is 14.9. The lowest BCUT2D eigenvalue weighted by Gasteiger charge is -2.03. The highest BCUT2D eigenvalue weighted by Crippen LogP contribution is 2.24. The number of hydrogen-bond donors (Lipinski definition) is 1. The van der Waals surface area contributed by atoms with Gasteiger partial charge in [-0.15, -0.1) is 0 Å². The van der Waals surface area contributed by atoms with Gasteiger partial charge in [-0.3, -0.25) is 9.89 Å². The van der Waals surface area contributed by atoms with E-state index in [1.54, 1.807) is 6.07 Å². The second-order valence-corrected chi connectivity index (χ2v) is 5.06. The fourth-order valence-electron chi connectivity index (χ4n) is 2.57. The van der Waals surface area contributed by atoms with Gasteiger partial charge in [-0.05, 0) is 5.56 Å². The van der Waals surface area contributed by atoms with Crippen LogP contribution in [0.3, 0.4) is 0 Å². The summed E-state index contributed by atoms with van der Waals surface area (Å²) in [4.78, 5) is 17.0. The fraction of sp³-hybridized carbons (Fsp3) is 0. The highest BCUT2D eigenvalue weighted by molar-refractivity contribution is 5.78. The van der Waals surface area contributed by atoms with Crippen molar-refractivity contribution in [2.75, 3.05) is 0 Å². The van der Waals surface area contributed by atoms with Crippen LogP contribution in [0, 0.1) is 0 Å². The van der Waals surface area contributed by atoms with Crippen LogP contribution in [0.25, 0.3) is 28.0 Å². The minimum atomic E-state index is -0.119. The molecular weight excluding hydrogens is 274 g/mol. The Bertz CT molecular complexity index is 985. The Kier molecular flexibility index (Phi) is 2.86. The van der Waals surface area contributed by atoms with Crippen molar-refractivity contribution in [3.8, 4) is 22.4 Å². The Morgan fingerprint density at radius 1 is 0.864 bits per heavy atom. The lowest BCUT2D eigenvalue weighted by Crippen LogP contribution is -2.14. The molecule has 1 N–H and O–H groups in total. The minimum absolute atomic E-state index is 0.119. The first-order valence-corrected chi connectivity index (χ1v) is 7.05. The molecule has 2 heterocycles. The van der Waals surface area contributed by atoms with Crippen molar-refractivity contribution in [3.63, 3.8) is 0 Å². The molecule has 0 unspecified atom stereocenters. The van der Waals surface area contributed by atoms with Crippen LogP contribution in [0.2, 0.25) is 0 Å². The number of fused-ring (bicyclic) bond motifs is 1. The van der Waals surface area contributed by atoms with E-state index in [1.165, 1.54) is 4.52 Å². The minimum Gasteiger partial charge on any atom is -0.296 e. The molecule has 0 aliphatic rings. The van der Waals surface area contributed by atoms with Crippen LogP contribution in [0.4, 0.5) is 0 Å². The predicted molar refractivity (Wildman–Crippen MR) is 86.7 cm³/mol. The number of benzene rings is 2. The van der Waals surface area contributed by atoms with Crippen LogP contribution in [0.1, 0.15) is 0 Å². The van der Waals surface area contributed by atoms with Crippen LogP contribution in [0.15, 0.2) is 77.7 Å². The van der Waals surface area contributed by atoms with Gasteiger partial charge in [0, 0.05) is 23.4 Å². The van der Waals surface area contributed by atoms with Crippen molar-refractivity contribution >= 4 is 5.65 Å². The molecule has 0 fully saturated rings. The molecule has 0 aliphatic carbocycles. The summed E-state index contributed by atoms with van der Waals surface area (Å²) in [5.74, 6) is 0. The Balaban J connectivity index is 1.99. The molecule has 4 rings (SSSR count). The van der Waals surface area contributed by atoms with Crippen molar-refractivity contribution < 1.29 is 0 Å². The average Bonchev–Trinajstić information content (AvgIpc) is 3.01. The van der Waals surface area contributed by atoms with Gasteiger partial charge in [-0.2, -0.15) is 0 Å². The fourth-order valence-corrected chi connectivity index (χ4v) is 2.57. The summed E-state index contributed by atoms with van der Waals surface area (Å²) in [6, 6.07) is 21.2. The first kappa shape index (κ1) is 12.6. The molecule has 106 valence electrons. The molecule has 0 radical (unpaired) electrons. The van der Waals surface area contributed by atoms with Crippen LogP contribution < -0.4 is 5.56 Å². The second-order valence-electron chi connectivity index (χ2n) is 5.06. The van der Waals surface area contributed by atoms with Crippen LogP contribution >= 0.6 is 0 Å². The first-order valence-electron chi connectivity index (χ1n) is 7.05. The molecule has 0 amide bonds. The van der Waals surface area contributed by atoms with Crippen LogP contribution in [-0.2, 0) is 0 Å². The first-order chi connectivity index (χ1) is 10.8. The Morgan fingerprint density at radius 2 is 1.50 bits per heavy atom. The lowest BCUT2D eigenvalue weighted by atomic mass is 10.1. The smallest absolute Gasteiger partial charge is 0.273 e. The van der Waals surface area contributed by atoms with Crippen molar-refractivity contribution in [1.82, 2.24) is 14.6 Å². The van der Waals surface area contributed by atoms with E-state index in [0.717, 1.165) is 16.7 Å². The number of H-pyrrole nitrogens is 1. The van der Waals surface area contributed by atoms with Gasteiger partial charge in [-0.1, -0.05) is 60.7 Å². The van der Waals surface area contributed by atoms with E-state index < -0.39 is 0 Å². The van der Waals surface area contributed by atoms with Gasteiger partial charge in [0.05, 0.1) is 5.69 Å². The van der Waals surface area contributed by atoms with Crippen LogP contribution in [-0.4, -0.2) is 14.6 Å². The second kappa shape index (κ2) is 5.00. The number of hydrogen-bond acceptors (Lipinski definition) is 2. The van der Waals surface area contributed by atoms with Crippen molar-refractivity contribution in [2.24, 2.45) is 0 Å². The molecule has 0 saturated heterocycles. The quantitative estimate of drug-likeness (QED) is 0.614. The Morgan fingerprint density at radius 3 is 2.18 bits per heavy atom. The van der Waals surface area contributed by atoms with Crippen LogP contribution in [0.5, 0.6) is 0 Å². The highest BCUT2D eigenvalue weighted by atomic mass is 16.1. The van der Waals surface area contributed by atoms with E-state index in [2.05, 4.69) is 10.1 Å². The van der Waals surface area contributed by atoms with Gasteiger partial charge in [0.2, 0.25) is 0 Å². The Labute approximate surface area is 126 Å². The molecule has 0 aliphatic heterocycles. The van der Waals surface area contributed by atoms with Gasteiger partial charge in [0.1, 0.15) is 0 Å². The molecule has 0 spiro atoms. The van der Waals surface area contributed by atoms with Gasteiger partial charge in [-0.25, -0.2) is 9.50 Å². The molecule has 4 aromatic rings. The highest BCUT2D eigenvalue weighted by Gasteiger charge is 2.11. The molecule has 2 aromatic heterocycles. The van der Waals surface area contributed by atoms with E-state index in [4.69, 9.17) is 0 Å². The summed E-state index contributed by atoms with van der Waals surface area (Å²) in [5.41, 5.74) is 4.07. The van der Waals surface area contributed by atoms with E-state index >= 15 is 0 Å². The monoisotopic (exact) mass is 287 g/mol. The van der Waals surface area contributed by atoms with E-state index in [0.29, 0.717) is 11.3 Å². The molecule has 4 heteroatoms. The maximum Gasteiger partial charge on any atom is 0.273 e. The molecule has 0 saturated carbocycles. The molecular formula is C18H13N3O. The van der Waals surface area contributed by atoms with Gasteiger partial charge in [0.25, 0.3) is 5.56 Å². The topological polar surface area (TPSA) is 50.2 Å². The third-order valence-electron chi connectivity index (χ3n) is 3.65. The number of nitrogens with zero attached hydrogens (tertiary/aromatic N) is 2. The summed E-state index contributed by atoms with van der Waals surface area (Å²) >= 11 is 0. The summed E-state index contributed by atoms with van der Waals surface area (Å²) in [6.45, 7) is 0. The third-order valence-corrected chi connectivity index (χ3v) is 3.65. The van der Waals surface area contributed by atoms with Crippen molar-refractivity contribution in [3.05, 3.63) is 83.3 Å². The van der Waals surface area contributed by atoms with E-state index in [9.17, 15) is 4.79 Å². The molecule has 4 nitrogen and oxygen atoms in total. The SMILES string of the molecule is O=c1cc(-c2ccccc2)nc2c(-c3ccccc3)c[nH]n12. The normalized spacial score (nSPS) is 10.9. The average molecular weight is 287 g/mol. The number of rotatable bonds is 2.